The Morgan fingerprint density at radius 1 is 0.465 bits per heavy atom. The van der Waals surface area contributed by atoms with Crippen LogP contribution in [0.4, 0.5) is 0 Å². The maximum Gasteiger partial charge on any atom is -0.00259 e. The van der Waals surface area contributed by atoms with E-state index in [1.54, 1.807) is 0 Å². The van der Waals surface area contributed by atoms with Gasteiger partial charge in [-0.25, -0.2) is 0 Å². The summed E-state index contributed by atoms with van der Waals surface area (Å²) in [4.78, 5) is 0. The van der Waals surface area contributed by atoms with E-state index in [1.807, 2.05) is 13.8 Å². The molecule has 0 atom stereocenters. The molecule has 0 aliphatic carbocycles. The summed E-state index contributed by atoms with van der Waals surface area (Å²) in [7, 11) is 0. The summed E-state index contributed by atoms with van der Waals surface area (Å²) in [5.74, 6) is 0. The molecule has 0 unspecified atom stereocenters. The minimum Gasteiger partial charge on any atom is -0.0840 e. The summed E-state index contributed by atoms with van der Waals surface area (Å²) in [5, 5.41) is 7.76. The Bertz CT molecular complexity index is 2030. The molecule has 0 saturated heterocycles. The molecule has 0 nitrogen and oxygen atoms in total. The fourth-order valence-corrected chi connectivity index (χ4v) is 6.12. The first-order valence-corrected chi connectivity index (χ1v) is 15.6. The molecule has 7 aromatic rings. The second-order valence-corrected chi connectivity index (χ2v) is 10.8. The molecule has 43 heavy (non-hydrogen) atoms. The third kappa shape index (κ3) is 5.62. The van der Waals surface area contributed by atoms with Gasteiger partial charge in [0.05, 0.1) is 0 Å². The third-order valence-corrected chi connectivity index (χ3v) is 8.13. The summed E-state index contributed by atoms with van der Waals surface area (Å²) in [6, 6.07) is 51.2. The number of benzene rings is 7. The van der Waals surface area contributed by atoms with Crippen LogP contribution >= 0.6 is 0 Å². The SMILES string of the molecule is CC.CCC/C=C\c1ccc(-c2cccc(-c3cc4cc(-c5ccccc5)c5ccccc5c4c4ccccc34)c2)cc1. The average molecular weight is 555 g/mol. The Hall–Kier alpha value is -4.94. The van der Waals surface area contributed by atoms with Crippen LogP contribution in [0.2, 0.25) is 0 Å². The van der Waals surface area contributed by atoms with Gasteiger partial charge in [0, 0.05) is 0 Å². The van der Waals surface area contributed by atoms with E-state index >= 15 is 0 Å². The highest BCUT2D eigenvalue weighted by Crippen LogP contribution is 2.42. The van der Waals surface area contributed by atoms with Crippen molar-refractivity contribution in [3.8, 4) is 33.4 Å². The van der Waals surface area contributed by atoms with Gasteiger partial charge in [0.15, 0.2) is 0 Å². The van der Waals surface area contributed by atoms with E-state index in [0.29, 0.717) is 0 Å². The molecule has 7 aromatic carbocycles. The fraction of sp³-hybridized carbons (Fsp3) is 0.116. The van der Waals surface area contributed by atoms with Crippen LogP contribution < -0.4 is 0 Å². The Kier molecular flexibility index (Phi) is 8.47. The molecular weight excluding hydrogens is 516 g/mol. The molecule has 0 spiro atoms. The van der Waals surface area contributed by atoms with Crippen molar-refractivity contribution in [1.82, 2.24) is 0 Å². The quantitative estimate of drug-likeness (QED) is 0.179. The molecule has 210 valence electrons. The maximum atomic E-state index is 2.40. The van der Waals surface area contributed by atoms with Crippen LogP contribution in [-0.2, 0) is 0 Å². The van der Waals surface area contributed by atoms with Crippen LogP contribution in [0.15, 0.2) is 146 Å². The normalized spacial score (nSPS) is 11.2. The number of hydrogen-bond acceptors (Lipinski definition) is 0. The molecule has 0 aliphatic rings. The minimum atomic E-state index is 1.12. The van der Waals surface area contributed by atoms with Crippen LogP contribution in [0.5, 0.6) is 0 Å². The van der Waals surface area contributed by atoms with E-state index in [1.165, 1.54) is 77.7 Å². The van der Waals surface area contributed by atoms with E-state index in [-0.39, 0.29) is 0 Å². The van der Waals surface area contributed by atoms with Crippen molar-refractivity contribution in [3.63, 3.8) is 0 Å². The Balaban J connectivity index is 0.00000161. The lowest BCUT2D eigenvalue weighted by Gasteiger charge is -2.16. The zero-order valence-corrected chi connectivity index (χ0v) is 25.3. The van der Waals surface area contributed by atoms with Gasteiger partial charge in [-0.2, -0.15) is 0 Å². The molecule has 0 heterocycles. The summed E-state index contributed by atoms with van der Waals surface area (Å²) in [6.07, 6.45) is 6.77. The second-order valence-electron chi connectivity index (χ2n) is 10.8. The van der Waals surface area contributed by atoms with E-state index in [0.717, 1.165) is 6.42 Å². The summed E-state index contributed by atoms with van der Waals surface area (Å²) in [6.45, 7) is 6.21. The van der Waals surface area contributed by atoms with Crippen molar-refractivity contribution < 1.29 is 0 Å². The second kappa shape index (κ2) is 12.9. The number of rotatable bonds is 6. The van der Waals surface area contributed by atoms with E-state index < -0.39 is 0 Å². The van der Waals surface area contributed by atoms with Gasteiger partial charge in [-0.3, -0.25) is 0 Å². The van der Waals surface area contributed by atoms with E-state index in [4.69, 9.17) is 0 Å². The fourth-order valence-electron chi connectivity index (χ4n) is 6.12. The molecule has 0 N–H and O–H groups in total. The molecule has 0 radical (unpaired) electrons. The van der Waals surface area contributed by atoms with Crippen molar-refractivity contribution in [2.24, 2.45) is 0 Å². The van der Waals surface area contributed by atoms with Gasteiger partial charge in [0.25, 0.3) is 0 Å². The summed E-state index contributed by atoms with van der Waals surface area (Å²) in [5.41, 5.74) is 8.75. The molecule has 0 heteroatoms. The van der Waals surface area contributed by atoms with E-state index in [2.05, 4.69) is 159 Å². The highest BCUT2D eigenvalue weighted by molar-refractivity contribution is 6.25. The molecule has 0 saturated carbocycles. The highest BCUT2D eigenvalue weighted by atomic mass is 14.2. The van der Waals surface area contributed by atoms with Crippen molar-refractivity contribution in [3.05, 3.63) is 151 Å². The monoisotopic (exact) mass is 554 g/mol. The van der Waals surface area contributed by atoms with Crippen LogP contribution in [0.25, 0.3) is 71.8 Å². The van der Waals surface area contributed by atoms with Gasteiger partial charge < -0.3 is 0 Å². The molecule has 0 amide bonds. The molecule has 7 rings (SSSR count). The largest absolute Gasteiger partial charge is 0.0840 e. The zero-order chi connectivity index (χ0) is 29.6. The molecule has 0 fully saturated rings. The van der Waals surface area contributed by atoms with E-state index in [9.17, 15) is 0 Å². The van der Waals surface area contributed by atoms with Crippen LogP contribution in [0.3, 0.4) is 0 Å². The predicted octanol–water partition coefficient (Wildman–Crippen LogP) is 13.0. The zero-order valence-electron chi connectivity index (χ0n) is 25.3. The summed E-state index contributed by atoms with van der Waals surface area (Å²) >= 11 is 0. The van der Waals surface area contributed by atoms with Gasteiger partial charge in [-0.05, 0) is 95.9 Å². The first-order valence-electron chi connectivity index (χ1n) is 15.6. The standard InChI is InChI=1S/C41H32.C2H6/c1-2-3-5-13-29-22-24-30(25-23-29)32-16-12-17-33(26-32)40-28-34-27-39(31-14-6-4-7-15-31)35-18-8-10-20-37(35)41(34)38-21-11-9-19-36(38)40;1-2/h4-28H,2-3H2,1H3;1-2H3/b13-5-;. The number of unbranched alkanes of at least 4 members (excludes halogenated alkanes) is 1. The number of hydrogen-bond donors (Lipinski definition) is 0. The van der Waals surface area contributed by atoms with Crippen molar-refractivity contribution in [1.29, 1.82) is 0 Å². The predicted molar refractivity (Wildman–Crippen MR) is 191 cm³/mol. The molecule has 0 aliphatic heterocycles. The maximum absolute atomic E-state index is 2.40. The Labute approximate surface area is 256 Å². The van der Waals surface area contributed by atoms with Crippen LogP contribution in [0, 0.1) is 0 Å². The van der Waals surface area contributed by atoms with Crippen LogP contribution in [0.1, 0.15) is 39.2 Å². The minimum absolute atomic E-state index is 1.12. The van der Waals surface area contributed by atoms with Crippen LogP contribution in [-0.4, -0.2) is 0 Å². The lowest BCUT2D eigenvalue weighted by atomic mass is 9.87. The van der Waals surface area contributed by atoms with Crippen molar-refractivity contribution in [2.75, 3.05) is 0 Å². The van der Waals surface area contributed by atoms with Gasteiger partial charge in [0.1, 0.15) is 0 Å². The van der Waals surface area contributed by atoms with Crippen molar-refractivity contribution >= 4 is 38.4 Å². The third-order valence-electron chi connectivity index (χ3n) is 8.13. The number of fused-ring (bicyclic) bond motifs is 5. The average Bonchev–Trinajstić information content (AvgIpc) is 3.09. The topological polar surface area (TPSA) is 0 Å². The Morgan fingerprint density at radius 2 is 1.00 bits per heavy atom. The van der Waals surface area contributed by atoms with Gasteiger partial charge in [-0.1, -0.05) is 161 Å². The summed E-state index contributed by atoms with van der Waals surface area (Å²) < 4.78 is 0. The Morgan fingerprint density at radius 3 is 1.63 bits per heavy atom. The lowest BCUT2D eigenvalue weighted by Crippen LogP contribution is -1.89. The van der Waals surface area contributed by atoms with Gasteiger partial charge >= 0.3 is 0 Å². The van der Waals surface area contributed by atoms with Gasteiger partial charge in [0.2, 0.25) is 0 Å². The lowest BCUT2D eigenvalue weighted by molar-refractivity contribution is 0.962. The smallest absolute Gasteiger partial charge is 0.00259 e. The highest BCUT2D eigenvalue weighted by Gasteiger charge is 2.14. The first-order chi connectivity index (χ1) is 21.3. The molecular formula is C43H38. The molecule has 0 aromatic heterocycles. The molecule has 0 bridgehead atoms. The van der Waals surface area contributed by atoms with Gasteiger partial charge in [-0.15, -0.1) is 0 Å². The first kappa shape index (κ1) is 28.2. The number of allylic oxidation sites excluding steroid dienone is 1. The van der Waals surface area contributed by atoms with Crippen molar-refractivity contribution in [2.45, 2.75) is 33.6 Å².